The molecule has 0 aromatic carbocycles. The van der Waals surface area contributed by atoms with Crippen molar-refractivity contribution in [1.29, 1.82) is 0 Å². The van der Waals surface area contributed by atoms with Crippen LogP contribution < -0.4 is 0 Å². The molecule has 1 rings (SSSR count). The van der Waals surface area contributed by atoms with E-state index in [0.29, 0.717) is 6.42 Å². The maximum Gasteiger partial charge on any atom is 0.0894 e. The molecule has 1 aromatic heterocycles. The first kappa shape index (κ1) is 8.17. The smallest absolute Gasteiger partial charge is 0.0894 e. The van der Waals surface area contributed by atoms with Gasteiger partial charge in [-0.25, -0.2) is 0 Å². The molecule has 0 aliphatic carbocycles. The van der Waals surface area contributed by atoms with Crippen molar-refractivity contribution in [2.24, 2.45) is 7.05 Å². The van der Waals surface area contributed by atoms with Crippen LogP contribution in [0.25, 0.3) is 0 Å². The van der Waals surface area contributed by atoms with Gasteiger partial charge in [-0.15, -0.1) is 5.10 Å². The Morgan fingerprint density at radius 1 is 1.55 bits per heavy atom. The molecule has 1 heterocycles. The highest BCUT2D eigenvalue weighted by Crippen LogP contribution is 1.99. The molecule has 0 saturated heterocycles. The first-order valence-electron chi connectivity index (χ1n) is 3.74. The molecule has 0 aliphatic heterocycles. The number of hydrogen-bond acceptors (Lipinski definition) is 2. The molecule has 11 heavy (non-hydrogen) atoms. The molecule has 0 amide bonds. The van der Waals surface area contributed by atoms with E-state index in [-0.39, 0.29) is 6.67 Å². The Bertz CT molecular complexity index is 209. The number of hydrogen-bond donors (Lipinski definition) is 0. The molecule has 0 bridgehead atoms. The summed E-state index contributed by atoms with van der Waals surface area (Å²) in [7, 11) is 1.83. The van der Waals surface area contributed by atoms with Gasteiger partial charge in [-0.1, -0.05) is 5.21 Å². The van der Waals surface area contributed by atoms with Crippen molar-refractivity contribution < 1.29 is 4.39 Å². The van der Waals surface area contributed by atoms with E-state index in [1.54, 1.807) is 4.68 Å². The molecule has 0 radical (unpaired) electrons. The van der Waals surface area contributed by atoms with Gasteiger partial charge in [-0.2, -0.15) is 0 Å². The molecular formula is C7H12FN3. The lowest BCUT2D eigenvalue weighted by Crippen LogP contribution is -1.86. The van der Waals surface area contributed by atoms with E-state index in [1.165, 1.54) is 0 Å². The lowest BCUT2D eigenvalue weighted by molar-refractivity contribution is 0.461. The molecule has 1 aromatic rings. The Labute approximate surface area is 65.2 Å². The molecule has 0 N–H and O–H groups in total. The summed E-state index contributed by atoms with van der Waals surface area (Å²) in [6.45, 7) is -0.236. The van der Waals surface area contributed by atoms with E-state index in [2.05, 4.69) is 10.3 Å². The van der Waals surface area contributed by atoms with E-state index in [0.717, 1.165) is 18.5 Å². The highest BCUT2D eigenvalue weighted by atomic mass is 19.1. The van der Waals surface area contributed by atoms with Crippen LogP contribution in [-0.2, 0) is 13.5 Å². The molecule has 0 unspecified atom stereocenters. The molecule has 0 spiro atoms. The number of halogens is 1. The lowest BCUT2D eigenvalue weighted by atomic mass is 10.2. The predicted octanol–water partition coefficient (Wildman–Crippen LogP) is 1.11. The number of alkyl halides is 1. The van der Waals surface area contributed by atoms with Crippen LogP contribution in [-0.4, -0.2) is 21.7 Å². The van der Waals surface area contributed by atoms with E-state index in [4.69, 9.17) is 0 Å². The first-order chi connectivity index (χ1) is 5.33. The van der Waals surface area contributed by atoms with Crippen LogP contribution in [0.3, 0.4) is 0 Å². The second kappa shape index (κ2) is 4.05. The minimum atomic E-state index is -0.236. The zero-order chi connectivity index (χ0) is 8.10. The van der Waals surface area contributed by atoms with Gasteiger partial charge in [0.1, 0.15) is 0 Å². The standard InChI is InChI=1S/C7H12FN3/c1-11-6-7(9-10-11)4-2-3-5-8/h6H,2-5H2,1H3. The summed E-state index contributed by atoms with van der Waals surface area (Å²) in [5, 5.41) is 7.65. The summed E-state index contributed by atoms with van der Waals surface area (Å²) in [6, 6.07) is 0. The first-order valence-corrected chi connectivity index (χ1v) is 3.74. The fourth-order valence-corrected chi connectivity index (χ4v) is 0.910. The fourth-order valence-electron chi connectivity index (χ4n) is 0.910. The summed E-state index contributed by atoms with van der Waals surface area (Å²) in [5.74, 6) is 0. The van der Waals surface area contributed by atoms with Gasteiger partial charge in [0.2, 0.25) is 0 Å². The Morgan fingerprint density at radius 3 is 2.91 bits per heavy atom. The Morgan fingerprint density at radius 2 is 2.36 bits per heavy atom. The molecule has 3 nitrogen and oxygen atoms in total. The molecule has 0 fully saturated rings. The van der Waals surface area contributed by atoms with Gasteiger partial charge >= 0.3 is 0 Å². The number of unbranched alkanes of at least 4 members (excludes halogenated alkanes) is 1. The Balaban J connectivity index is 2.27. The summed E-state index contributed by atoms with van der Waals surface area (Å²) < 4.78 is 13.3. The Hall–Kier alpha value is -0.930. The van der Waals surface area contributed by atoms with Crippen molar-refractivity contribution in [2.75, 3.05) is 6.67 Å². The molecule has 0 aliphatic rings. The minimum Gasteiger partial charge on any atom is -0.255 e. The maximum atomic E-state index is 11.7. The third kappa shape index (κ3) is 2.65. The summed E-state index contributed by atoms with van der Waals surface area (Å²) >= 11 is 0. The summed E-state index contributed by atoms with van der Waals surface area (Å²) in [6.07, 6.45) is 4.17. The Kier molecular flexibility index (Phi) is 3.01. The monoisotopic (exact) mass is 157 g/mol. The largest absolute Gasteiger partial charge is 0.255 e. The molecular weight excluding hydrogens is 145 g/mol. The van der Waals surface area contributed by atoms with Gasteiger partial charge in [0.15, 0.2) is 0 Å². The van der Waals surface area contributed by atoms with Crippen molar-refractivity contribution in [3.8, 4) is 0 Å². The average Bonchev–Trinajstić information content (AvgIpc) is 2.37. The van der Waals surface area contributed by atoms with Crippen LogP contribution >= 0.6 is 0 Å². The van der Waals surface area contributed by atoms with Crippen molar-refractivity contribution in [1.82, 2.24) is 15.0 Å². The quantitative estimate of drug-likeness (QED) is 0.613. The fraction of sp³-hybridized carbons (Fsp3) is 0.714. The number of nitrogens with zero attached hydrogens (tertiary/aromatic N) is 3. The van der Waals surface area contributed by atoms with Crippen LogP contribution in [0.1, 0.15) is 18.5 Å². The van der Waals surface area contributed by atoms with Gasteiger partial charge in [0, 0.05) is 13.2 Å². The third-order valence-electron chi connectivity index (χ3n) is 1.47. The topological polar surface area (TPSA) is 30.7 Å². The van der Waals surface area contributed by atoms with Gasteiger partial charge in [-0.3, -0.25) is 9.07 Å². The van der Waals surface area contributed by atoms with Crippen molar-refractivity contribution >= 4 is 0 Å². The van der Waals surface area contributed by atoms with Gasteiger partial charge < -0.3 is 0 Å². The van der Waals surface area contributed by atoms with Gasteiger partial charge in [0.25, 0.3) is 0 Å². The van der Waals surface area contributed by atoms with Crippen LogP contribution in [0, 0.1) is 0 Å². The van der Waals surface area contributed by atoms with E-state index in [1.807, 2.05) is 13.2 Å². The highest BCUT2D eigenvalue weighted by Gasteiger charge is 1.96. The highest BCUT2D eigenvalue weighted by molar-refractivity contribution is 4.91. The maximum absolute atomic E-state index is 11.7. The summed E-state index contributed by atoms with van der Waals surface area (Å²) in [5.41, 5.74) is 0.945. The van der Waals surface area contributed by atoms with E-state index in [9.17, 15) is 4.39 Å². The number of aryl methyl sites for hydroxylation is 2. The van der Waals surface area contributed by atoms with Crippen LogP contribution in [0.5, 0.6) is 0 Å². The average molecular weight is 157 g/mol. The van der Waals surface area contributed by atoms with Gasteiger partial charge in [-0.05, 0) is 19.3 Å². The van der Waals surface area contributed by atoms with Crippen molar-refractivity contribution in [2.45, 2.75) is 19.3 Å². The second-order valence-corrected chi connectivity index (χ2v) is 2.53. The zero-order valence-corrected chi connectivity index (χ0v) is 6.63. The molecule has 0 atom stereocenters. The minimum absolute atomic E-state index is 0.236. The molecule has 4 heteroatoms. The SMILES string of the molecule is Cn1cc(CCCCF)nn1. The summed E-state index contributed by atoms with van der Waals surface area (Å²) in [4.78, 5) is 0. The van der Waals surface area contributed by atoms with Crippen molar-refractivity contribution in [3.05, 3.63) is 11.9 Å². The number of rotatable bonds is 4. The van der Waals surface area contributed by atoms with Crippen LogP contribution in [0.2, 0.25) is 0 Å². The molecule has 62 valence electrons. The predicted molar refractivity (Wildman–Crippen MR) is 39.9 cm³/mol. The van der Waals surface area contributed by atoms with Crippen molar-refractivity contribution in [3.63, 3.8) is 0 Å². The third-order valence-corrected chi connectivity index (χ3v) is 1.47. The number of aromatic nitrogens is 3. The van der Waals surface area contributed by atoms with E-state index >= 15 is 0 Å². The van der Waals surface area contributed by atoms with Crippen LogP contribution in [0.15, 0.2) is 6.20 Å². The zero-order valence-electron chi connectivity index (χ0n) is 6.63. The second-order valence-electron chi connectivity index (χ2n) is 2.53. The molecule has 0 saturated carbocycles. The lowest BCUT2D eigenvalue weighted by Gasteiger charge is -1.90. The van der Waals surface area contributed by atoms with Gasteiger partial charge in [0.05, 0.1) is 12.4 Å². The normalized spacial score (nSPS) is 10.4. The van der Waals surface area contributed by atoms with E-state index < -0.39 is 0 Å². The van der Waals surface area contributed by atoms with Crippen LogP contribution in [0.4, 0.5) is 4.39 Å².